The molecule has 4 heteroatoms. The number of carbonyl (C=O) groups excluding carboxylic acids is 1. The van der Waals surface area contributed by atoms with Gasteiger partial charge in [0.1, 0.15) is 6.61 Å². The second-order valence-corrected chi connectivity index (χ2v) is 7.90. The van der Waals surface area contributed by atoms with Gasteiger partial charge in [0, 0.05) is 10.7 Å². The van der Waals surface area contributed by atoms with Gasteiger partial charge in [0.2, 0.25) is 0 Å². The minimum absolute atomic E-state index is 0.243. The third kappa shape index (κ3) is 4.41. The Labute approximate surface area is 154 Å². The average molecular weight is 394 g/mol. The van der Waals surface area contributed by atoms with Crippen LogP contribution in [0.3, 0.4) is 0 Å². The number of allylic oxidation sites excluding steroid dienone is 1. The van der Waals surface area contributed by atoms with E-state index in [1.807, 2.05) is 29.3 Å². The maximum Gasteiger partial charge on any atom is 0.414 e. The molecule has 1 aromatic carbocycles. The molecule has 1 heterocycles. The molecule has 0 spiro atoms. The van der Waals surface area contributed by atoms with E-state index in [1.165, 1.54) is 18.4 Å². The van der Waals surface area contributed by atoms with Crippen LogP contribution < -0.4 is 0 Å². The van der Waals surface area contributed by atoms with Gasteiger partial charge in [-0.25, -0.2) is 4.79 Å². The topological polar surface area (TPSA) is 29.5 Å². The van der Waals surface area contributed by atoms with Gasteiger partial charge in [0.25, 0.3) is 0 Å². The first-order valence-electron chi connectivity index (χ1n) is 8.86. The summed E-state index contributed by atoms with van der Waals surface area (Å²) in [5, 5.41) is 0. The fourth-order valence-corrected chi connectivity index (χ4v) is 3.66. The van der Waals surface area contributed by atoms with Crippen LogP contribution >= 0.6 is 15.9 Å². The number of halogens is 1. The lowest BCUT2D eigenvalue weighted by atomic mass is 9.80. The zero-order chi connectivity index (χ0) is 17.6. The molecule has 1 aliphatic rings. The van der Waals surface area contributed by atoms with Crippen LogP contribution in [0, 0.1) is 5.92 Å². The van der Waals surface area contributed by atoms with Crippen LogP contribution in [0.4, 0.5) is 4.79 Å². The number of hydrogen-bond donors (Lipinski definition) is 0. The number of cyclic esters (lactones) is 1. The maximum atomic E-state index is 12.4. The largest absolute Gasteiger partial charge is 0.447 e. The van der Waals surface area contributed by atoms with Crippen LogP contribution in [0.25, 0.3) is 0 Å². The molecule has 0 unspecified atom stereocenters. The van der Waals surface area contributed by atoms with Crippen molar-refractivity contribution in [3.63, 3.8) is 0 Å². The van der Waals surface area contributed by atoms with E-state index in [0.29, 0.717) is 6.61 Å². The number of ether oxygens (including phenoxy) is 1. The van der Waals surface area contributed by atoms with Crippen molar-refractivity contribution in [1.82, 2.24) is 4.90 Å². The summed E-state index contributed by atoms with van der Waals surface area (Å²) in [4.78, 5) is 14.2. The van der Waals surface area contributed by atoms with E-state index in [4.69, 9.17) is 4.74 Å². The molecular formula is C20H28BrNO2. The number of unbranched alkanes of at least 4 members (excludes halogenated alkanes) is 2. The SMILES string of the molecule is CCCCC/C(Br)=C\N1C(=O)OC[C@]1(Cc1ccccc1)C(C)C. The second kappa shape index (κ2) is 8.70. The first-order valence-corrected chi connectivity index (χ1v) is 9.65. The van der Waals surface area contributed by atoms with Gasteiger partial charge in [-0.15, -0.1) is 0 Å². The van der Waals surface area contributed by atoms with E-state index >= 15 is 0 Å². The van der Waals surface area contributed by atoms with Crippen LogP contribution in [-0.4, -0.2) is 23.1 Å². The standard InChI is InChI=1S/C20H28BrNO2/c1-4-5-7-12-18(21)14-22-19(23)24-15-20(22,16(2)3)13-17-10-8-6-9-11-17/h6,8-11,14,16H,4-5,7,12-13,15H2,1-3H3/b18-14+/t20-/m1/s1. The summed E-state index contributed by atoms with van der Waals surface area (Å²) in [6.07, 6.45) is 6.98. The predicted molar refractivity (Wildman–Crippen MR) is 102 cm³/mol. The van der Waals surface area contributed by atoms with Crippen molar-refractivity contribution in [3.05, 3.63) is 46.6 Å². The summed E-state index contributed by atoms with van der Waals surface area (Å²) in [6, 6.07) is 10.3. The molecule has 0 aromatic heterocycles. The molecule has 3 nitrogen and oxygen atoms in total. The van der Waals surface area contributed by atoms with Crippen molar-refractivity contribution in [2.24, 2.45) is 5.92 Å². The number of carbonyl (C=O) groups is 1. The average Bonchev–Trinajstić information content (AvgIpc) is 2.87. The molecule has 1 atom stereocenters. The molecule has 1 amide bonds. The number of nitrogens with zero attached hydrogens (tertiary/aromatic N) is 1. The van der Waals surface area contributed by atoms with Crippen molar-refractivity contribution in [2.75, 3.05) is 6.61 Å². The number of amides is 1. The Bertz CT molecular complexity index is 570. The lowest BCUT2D eigenvalue weighted by molar-refractivity contribution is 0.151. The summed E-state index contributed by atoms with van der Waals surface area (Å²) in [5.41, 5.74) is 0.896. The summed E-state index contributed by atoms with van der Waals surface area (Å²) < 4.78 is 6.53. The fraction of sp³-hybridized carbons (Fsp3) is 0.550. The third-order valence-corrected chi connectivity index (χ3v) is 5.44. The van der Waals surface area contributed by atoms with E-state index in [-0.39, 0.29) is 17.6 Å². The molecule has 0 bridgehead atoms. The van der Waals surface area contributed by atoms with Crippen LogP contribution in [0.1, 0.15) is 52.0 Å². The summed E-state index contributed by atoms with van der Waals surface area (Å²) in [5.74, 6) is 0.288. The van der Waals surface area contributed by atoms with Crippen LogP contribution in [0.5, 0.6) is 0 Å². The Balaban J connectivity index is 2.24. The molecule has 24 heavy (non-hydrogen) atoms. The highest BCUT2D eigenvalue weighted by molar-refractivity contribution is 9.11. The van der Waals surface area contributed by atoms with Crippen LogP contribution in [-0.2, 0) is 11.2 Å². The Morgan fingerprint density at radius 3 is 2.67 bits per heavy atom. The van der Waals surface area contributed by atoms with Gasteiger partial charge in [0.15, 0.2) is 0 Å². The molecule has 1 fully saturated rings. The zero-order valence-corrected chi connectivity index (χ0v) is 16.5. The minimum Gasteiger partial charge on any atom is -0.447 e. The molecule has 0 saturated carbocycles. The molecular weight excluding hydrogens is 366 g/mol. The lowest BCUT2D eigenvalue weighted by Gasteiger charge is -2.37. The first-order chi connectivity index (χ1) is 11.5. The summed E-state index contributed by atoms with van der Waals surface area (Å²) >= 11 is 3.64. The molecule has 1 aromatic rings. The molecule has 0 radical (unpaired) electrons. The monoisotopic (exact) mass is 393 g/mol. The molecule has 1 aliphatic heterocycles. The van der Waals surface area contributed by atoms with Gasteiger partial charge >= 0.3 is 6.09 Å². The maximum absolute atomic E-state index is 12.4. The summed E-state index contributed by atoms with van der Waals surface area (Å²) in [6.45, 7) is 6.96. The van der Waals surface area contributed by atoms with Gasteiger partial charge in [0.05, 0.1) is 5.54 Å². The van der Waals surface area contributed by atoms with Crippen LogP contribution in [0.15, 0.2) is 41.0 Å². The third-order valence-electron chi connectivity index (χ3n) is 4.84. The van der Waals surface area contributed by atoms with Gasteiger partial charge in [-0.05, 0) is 30.7 Å². The molecule has 132 valence electrons. The second-order valence-electron chi connectivity index (χ2n) is 6.88. The predicted octanol–water partition coefficient (Wildman–Crippen LogP) is 5.89. The van der Waals surface area contributed by atoms with Crippen molar-refractivity contribution < 1.29 is 9.53 Å². The highest BCUT2D eigenvalue weighted by Crippen LogP contribution is 2.36. The Kier molecular flexibility index (Phi) is 6.90. The Morgan fingerprint density at radius 2 is 2.04 bits per heavy atom. The smallest absolute Gasteiger partial charge is 0.414 e. The van der Waals surface area contributed by atoms with Gasteiger partial charge in [-0.1, -0.05) is 79.9 Å². The van der Waals surface area contributed by atoms with Gasteiger partial charge in [-0.2, -0.15) is 0 Å². The van der Waals surface area contributed by atoms with E-state index in [2.05, 4.69) is 48.8 Å². The normalized spacial score (nSPS) is 21.5. The first kappa shape index (κ1) is 19.0. The Hall–Kier alpha value is -1.29. The van der Waals surface area contributed by atoms with Crippen molar-refractivity contribution >= 4 is 22.0 Å². The highest BCUT2D eigenvalue weighted by Gasteiger charge is 2.49. The van der Waals surface area contributed by atoms with Crippen LogP contribution in [0.2, 0.25) is 0 Å². The molecule has 2 rings (SSSR count). The van der Waals surface area contributed by atoms with E-state index in [1.54, 1.807) is 0 Å². The van der Waals surface area contributed by atoms with E-state index < -0.39 is 0 Å². The van der Waals surface area contributed by atoms with E-state index in [9.17, 15) is 4.79 Å². The summed E-state index contributed by atoms with van der Waals surface area (Å²) in [7, 11) is 0. The number of rotatable bonds is 8. The van der Waals surface area contributed by atoms with Gasteiger partial charge in [-0.3, -0.25) is 4.90 Å². The van der Waals surface area contributed by atoms with Gasteiger partial charge < -0.3 is 4.74 Å². The quantitative estimate of drug-likeness (QED) is 0.515. The number of benzene rings is 1. The fourth-order valence-electron chi connectivity index (χ4n) is 3.17. The highest BCUT2D eigenvalue weighted by atomic mass is 79.9. The molecule has 0 aliphatic carbocycles. The van der Waals surface area contributed by atoms with Crippen molar-refractivity contribution in [2.45, 2.75) is 58.4 Å². The minimum atomic E-state index is -0.331. The molecule has 1 saturated heterocycles. The zero-order valence-electron chi connectivity index (χ0n) is 14.9. The molecule has 0 N–H and O–H groups in total. The van der Waals surface area contributed by atoms with E-state index in [0.717, 1.165) is 23.7 Å². The lowest BCUT2D eigenvalue weighted by Crippen LogP contribution is -2.50. The number of hydrogen-bond acceptors (Lipinski definition) is 2. The Morgan fingerprint density at radius 1 is 1.33 bits per heavy atom. The van der Waals surface area contributed by atoms with Crippen molar-refractivity contribution in [1.29, 1.82) is 0 Å². The van der Waals surface area contributed by atoms with Crippen molar-refractivity contribution in [3.8, 4) is 0 Å².